The van der Waals surface area contributed by atoms with Gasteiger partial charge in [0.25, 0.3) is 0 Å². The summed E-state index contributed by atoms with van der Waals surface area (Å²) < 4.78 is 0. The summed E-state index contributed by atoms with van der Waals surface area (Å²) in [6.45, 7) is 8.82. The number of aliphatic carboxylic acids is 1. The maximum atomic E-state index is 10.6. The van der Waals surface area contributed by atoms with E-state index in [4.69, 9.17) is 5.11 Å². The zero-order chi connectivity index (χ0) is 9.78. The molecule has 0 aliphatic rings. The highest BCUT2D eigenvalue weighted by Gasteiger charge is 2.29. The normalized spacial score (nSPS) is 16.1. The van der Waals surface area contributed by atoms with Gasteiger partial charge in [-0.2, -0.15) is 0 Å². The number of carboxylic acid groups (broad SMARTS) is 1. The van der Waals surface area contributed by atoms with Crippen molar-refractivity contribution in [2.75, 3.05) is 6.54 Å². The third-order valence-electron chi connectivity index (χ3n) is 2.37. The van der Waals surface area contributed by atoms with Crippen molar-refractivity contribution < 1.29 is 9.90 Å². The Morgan fingerprint density at radius 3 is 2.33 bits per heavy atom. The average Bonchev–Trinajstić information content (AvgIpc) is 1.85. The topological polar surface area (TPSA) is 49.3 Å². The summed E-state index contributed by atoms with van der Waals surface area (Å²) >= 11 is 0. The van der Waals surface area contributed by atoms with Gasteiger partial charge in [-0.05, 0) is 19.4 Å². The molecule has 0 bridgehead atoms. The van der Waals surface area contributed by atoms with Gasteiger partial charge in [0, 0.05) is 5.54 Å². The second-order valence-corrected chi connectivity index (χ2v) is 3.67. The minimum Gasteiger partial charge on any atom is -0.481 e. The fourth-order valence-electron chi connectivity index (χ4n) is 1.19. The average molecular weight is 173 g/mol. The second-order valence-electron chi connectivity index (χ2n) is 3.67. The van der Waals surface area contributed by atoms with Crippen LogP contribution < -0.4 is 5.32 Å². The van der Waals surface area contributed by atoms with E-state index in [-0.39, 0.29) is 12.0 Å². The van der Waals surface area contributed by atoms with Gasteiger partial charge in [0.05, 0.1) is 6.42 Å². The van der Waals surface area contributed by atoms with Crippen LogP contribution in [0, 0.1) is 5.92 Å². The lowest BCUT2D eigenvalue weighted by atomic mass is 9.85. The molecule has 1 unspecified atom stereocenters. The molecule has 0 heterocycles. The quantitative estimate of drug-likeness (QED) is 0.662. The standard InChI is InChI=1S/C9H19NO2/c1-5-10-9(4,7(2)3)6-8(11)12/h7,10H,5-6H2,1-4H3,(H,11,12). The molecule has 0 fully saturated rings. The van der Waals surface area contributed by atoms with E-state index in [2.05, 4.69) is 5.32 Å². The summed E-state index contributed by atoms with van der Waals surface area (Å²) in [7, 11) is 0. The van der Waals surface area contributed by atoms with E-state index in [0.717, 1.165) is 6.54 Å². The fourth-order valence-corrected chi connectivity index (χ4v) is 1.19. The molecule has 0 spiro atoms. The van der Waals surface area contributed by atoms with Crippen LogP contribution in [0.2, 0.25) is 0 Å². The molecule has 0 aliphatic carbocycles. The van der Waals surface area contributed by atoms with Gasteiger partial charge >= 0.3 is 5.97 Å². The minimum atomic E-state index is -0.743. The van der Waals surface area contributed by atoms with E-state index in [0.29, 0.717) is 5.92 Å². The highest BCUT2D eigenvalue weighted by Crippen LogP contribution is 2.20. The SMILES string of the molecule is CCNC(C)(CC(=O)O)C(C)C. The Labute approximate surface area is 74.2 Å². The Morgan fingerprint density at radius 2 is 2.08 bits per heavy atom. The first kappa shape index (κ1) is 11.4. The Hall–Kier alpha value is -0.570. The molecule has 0 rings (SSSR count). The molecule has 2 N–H and O–H groups in total. The molecule has 0 aromatic rings. The van der Waals surface area contributed by atoms with E-state index in [9.17, 15) is 4.79 Å². The molecule has 0 saturated carbocycles. The molecule has 0 radical (unpaired) electrons. The molecule has 0 aliphatic heterocycles. The Kier molecular flexibility index (Phi) is 4.24. The van der Waals surface area contributed by atoms with Crippen LogP contribution in [0.4, 0.5) is 0 Å². The van der Waals surface area contributed by atoms with Gasteiger partial charge in [-0.3, -0.25) is 4.79 Å². The van der Waals surface area contributed by atoms with Gasteiger partial charge in [-0.25, -0.2) is 0 Å². The van der Waals surface area contributed by atoms with Crippen LogP contribution in [0.3, 0.4) is 0 Å². The van der Waals surface area contributed by atoms with Crippen LogP contribution >= 0.6 is 0 Å². The predicted molar refractivity (Wildman–Crippen MR) is 49.2 cm³/mol. The second kappa shape index (κ2) is 4.45. The lowest BCUT2D eigenvalue weighted by Gasteiger charge is -2.33. The third kappa shape index (κ3) is 3.22. The van der Waals surface area contributed by atoms with Gasteiger partial charge in [0.15, 0.2) is 0 Å². The summed E-state index contributed by atoms with van der Waals surface area (Å²) in [6, 6.07) is 0. The molecule has 0 amide bonds. The molecular weight excluding hydrogens is 154 g/mol. The molecule has 0 aromatic heterocycles. The monoisotopic (exact) mass is 173 g/mol. The molecule has 1 atom stereocenters. The number of carbonyl (C=O) groups is 1. The highest BCUT2D eigenvalue weighted by atomic mass is 16.4. The van der Waals surface area contributed by atoms with Crippen LogP contribution in [0.1, 0.15) is 34.1 Å². The maximum absolute atomic E-state index is 10.6. The summed E-state index contributed by atoms with van der Waals surface area (Å²) in [4.78, 5) is 10.6. The van der Waals surface area contributed by atoms with Crippen molar-refractivity contribution in [3.05, 3.63) is 0 Å². The lowest BCUT2D eigenvalue weighted by molar-refractivity contribution is -0.139. The zero-order valence-corrected chi connectivity index (χ0v) is 8.35. The molecule has 0 aromatic carbocycles. The lowest BCUT2D eigenvalue weighted by Crippen LogP contribution is -2.48. The van der Waals surface area contributed by atoms with Crippen LogP contribution in [-0.2, 0) is 4.79 Å². The predicted octanol–water partition coefficient (Wildman–Crippen LogP) is 1.49. The van der Waals surface area contributed by atoms with Crippen molar-refractivity contribution in [1.29, 1.82) is 0 Å². The van der Waals surface area contributed by atoms with E-state index >= 15 is 0 Å². The van der Waals surface area contributed by atoms with Gasteiger partial charge in [-0.1, -0.05) is 20.8 Å². The van der Waals surface area contributed by atoms with Crippen LogP contribution in [0.15, 0.2) is 0 Å². The summed E-state index contributed by atoms with van der Waals surface area (Å²) in [5, 5.41) is 11.9. The summed E-state index contributed by atoms with van der Waals surface area (Å²) in [5.41, 5.74) is -0.277. The molecule has 3 nitrogen and oxygen atoms in total. The zero-order valence-electron chi connectivity index (χ0n) is 8.35. The molecule has 12 heavy (non-hydrogen) atoms. The Bertz CT molecular complexity index is 157. The van der Waals surface area contributed by atoms with Gasteiger partial charge in [0.2, 0.25) is 0 Å². The third-order valence-corrected chi connectivity index (χ3v) is 2.37. The number of hydrogen-bond donors (Lipinski definition) is 2. The first-order valence-electron chi connectivity index (χ1n) is 4.39. The van der Waals surface area contributed by atoms with Gasteiger partial charge in [-0.15, -0.1) is 0 Å². The fraction of sp³-hybridized carbons (Fsp3) is 0.889. The first-order valence-corrected chi connectivity index (χ1v) is 4.39. The largest absolute Gasteiger partial charge is 0.481 e. The van der Waals surface area contributed by atoms with E-state index < -0.39 is 5.97 Å². The van der Waals surface area contributed by atoms with Crippen LogP contribution in [0.25, 0.3) is 0 Å². The highest BCUT2D eigenvalue weighted by molar-refractivity contribution is 5.68. The maximum Gasteiger partial charge on any atom is 0.305 e. The number of nitrogens with one attached hydrogen (secondary N) is 1. The van der Waals surface area contributed by atoms with E-state index in [1.807, 2.05) is 27.7 Å². The van der Waals surface area contributed by atoms with Crippen LogP contribution in [-0.4, -0.2) is 23.2 Å². The number of rotatable bonds is 5. The molecular formula is C9H19NO2. The first-order chi connectivity index (χ1) is 5.42. The molecule has 0 saturated heterocycles. The minimum absolute atomic E-state index is 0.179. The van der Waals surface area contributed by atoms with Crippen molar-refractivity contribution in [1.82, 2.24) is 5.32 Å². The van der Waals surface area contributed by atoms with E-state index in [1.54, 1.807) is 0 Å². The summed E-state index contributed by atoms with van der Waals surface area (Å²) in [5.74, 6) is -0.416. The van der Waals surface area contributed by atoms with E-state index in [1.165, 1.54) is 0 Å². The number of hydrogen-bond acceptors (Lipinski definition) is 2. The molecule has 3 heteroatoms. The van der Waals surface area contributed by atoms with Crippen LogP contribution in [0.5, 0.6) is 0 Å². The van der Waals surface area contributed by atoms with Crippen molar-refractivity contribution in [3.63, 3.8) is 0 Å². The smallest absolute Gasteiger partial charge is 0.305 e. The van der Waals surface area contributed by atoms with Crippen molar-refractivity contribution in [2.45, 2.75) is 39.7 Å². The number of carboxylic acids is 1. The Morgan fingerprint density at radius 1 is 1.58 bits per heavy atom. The van der Waals surface area contributed by atoms with Gasteiger partial charge < -0.3 is 10.4 Å². The summed E-state index contributed by atoms with van der Waals surface area (Å²) in [6.07, 6.45) is 0.179. The van der Waals surface area contributed by atoms with Crippen molar-refractivity contribution in [2.24, 2.45) is 5.92 Å². The van der Waals surface area contributed by atoms with Crippen molar-refractivity contribution >= 4 is 5.97 Å². The van der Waals surface area contributed by atoms with Crippen molar-refractivity contribution in [3.8, 4) is 0 Å². The molecule has 72 valence electrons. The Balaban J connectivity index is 4.28. The van der Waals surface area contributed by atoms with Gasteiger partial charge in [0.1, 0.15) is 0 Å².